The molecule has 2 heterocycles. The topological polar surface area (TPSA) is 106 Å². The van der Waals surface area contributed by atoms with Crippen LogP contribution in [0.25, 0.3) is 6.08 Å². The molecule has 1 aliphatic rings. The Labute approximate surface area is 304 Å². The van der Waals surface area contributed by atoms with E-state index >= 15 is 0 Å². The molecule has 5 atom stereocenters. The van der Waals surface area contributed by atoms with Gasteiger partial charge in [0.2, 0.25) is 5.88 Å². The molecule has 1 saturated heterocycles. The van der Waals surface area contributed by atoms with Crippen LogP contribution in [0, 0.1) is 0 Å². The van der Waals surface area contributed by atoms with Gasteiger partial charge in [0.05, 0.1) is 40.1 Å². The number of hydrogen-bond donors (Lipinski definition) is 1. The normalized spacial score (nSPS) is 20.1. The van der Waals surface area contributed by atoms with Crippen LogP contribution in [0.15, 0.2) is 140 Å². The molecule has 0 spiro atoms. The number of rotatable bonds is 17. The van der Waals surface area contributed by atoms with Gasteiger partial charge in [-0.25, -0.2) is 9.78 Å². The maximum absolute atomic E-state index is 11.7. The summed E-state index contributed by atoms with van der Waals surface area (Å²) >= 11 is 0. The van der Waals surface area contributed by atoms with E-state index in [1.54, 1.807) is 12.3 Å². The molecule has 0 aliphatic carbocycles. The zero-order chi connectivity index (χ0) is 36.0. The largest absolute Gasteiger partial charge is 0.481 e. The quantitative estimate of drug-likeness (QED) is 0.0982. The Balaban J connectivity index is 1.42. The van der Waals surface area contributed by atoms with Crippen molar-refractivity contribution in [2.45, 2.75) is 56.9 Å². The van der Waals surface area contributed by atoms with E-state index in [9.17, 15) is 9.90 Å². The molecule has 4 aromatic carbocycles. The number of methoxy groups -OCH3 is 1. The molecule has 1 aromatic heterocycles. The first-order chi connectivity index (χ1) is 25.6. The first kappa shape index (κ1) is 36.6. The van der Waals surface area contributed by atoms with Crippen molar-refractivity contribution in [3.8, 4) is 5.88 Å². The third-order valence-electron chi connectivity index (χ3n) is 8.76. The number of carboxylic acid groups (broad SMARTS) is 1. The number of carboxylic acids is 1. The Kier molecular flexibility index (Phi) is 13.3. The Morgan fingerprint density at radius 3 is 1.65 bits per heavy atom. The predicted octanol–water partition coefficient (Wildman–Crippen LogP) is 7.60. The van der Waals surface area contributed by atoms with E-state index in [2.05, 4.69) is 4.98 Å². The number of carbonyl (C=O) groups is 1. The molecule has 52 heavy (non-hydrogen) atoms. The third kappa shape index (κ3) is 10.00. The van der Waals surface area contributed by atoms with E-state index in [-0.39, 0.29) is 25.7 Å². The Morgan fingerprint density at radius 2 is 1.15 bits per heavy atom. The zero-order valence-electron chi connectivity index (χ0n) is 29.0. The average Bonchev–Trinajstić information content (AvgIpc) is 3.19. The van der Waals surface area contributed by atoms with Crippen LogP contribution >= 0.6 is 0 Å². The van der Waals surface area contributed by atoms with Crippen molar-refractivity contribution >= 4 is 12.0 Å². The Morgan fingerprint density at radius 1 is 0.673 bits per heavy atom. The summed E-state index contributed by atoms with van der Waals surface area (Å²) in [6.45, 7) is 1.41. The average molecular weight is 702 g/mol. The van der Waals surface area contributed by atoms with Gasteiger partial charge in [-0.3, -0.25) is 0 Å². The van der Waals surface area contributed by atoms with Crippen LogP contribution in [0.4, 0.5) is 0 Å². The number of nitrogens with zero attached hydrogens (tertiary/aromatic N) is 1. The van der Waals surface area contributed by atoms with Crippen molar-refractivity contribution in [1.82, 2.24) is 4.98 Å². The highest BCUT2D eigenvalue weighted by Crippen LogP contribution is 2.41. The van der Waals surface area contributed by atoms with E-state index in [0.717, 1.165) is 28.3 Å². The van der Waals surface area contributed by atoms with Gasteiger partial charge in [0.25, 0.3) is 0 Å². The van der Waals surface area contributed by atoms with Crippen LogP contribution in [0.1, 0.15) is 39.5 Å². The third-order valence-corrected chi connectivity index (χ3v) is 8.76. The van der Waals surface area contributed by atoms with Crippen molar-refractivity contribution in [2.75, 3.05) is 13.7 Å². The lowest BCUT2D eigenvalue weighted by molar-refractivity contribution is -0.275. The van der Waals surface area contributed by atoms with Gasteiger partial charge in [-0.2, -0.15) is 0 Å². The second kappa shape index (κ2) is 18.9. The fraction of sp³-hybridized carbons (Fsp3) is 0.256. The number of aliphatic carboxylic acids is 1. The maximum atomic E-state index is 11.7. The van der Waals surface area contributed by atoms with Crippen LogP contribution in [0.3, 0.4) is 0 Å². The first-order valence-electron chi connectivity index (χ1n) is 17.3. The fourth-order valence-corrected chi connectivity index (χ4v) is 6.24. The summed E-state index contributed by atoms with van der Waals surface area (Å²) < 4.78 is 39.4. The van der Waals surface area contributed by atoms with Crippen molar-refractivity contribution in [3.63, 3.8) is 0 Å². The molecule has 5 aromatic rings. The van der Waals surface area contributed by atoms with Crippen LogP contribution in [-0.4, -0.2) is 54.2 Å². The van der Waals surface area contributed by atoms with Gasteiger partial charge >= 0.3 is 5.97 Å². The van der Waals surface area contributed by atoms with Crippen molar-refractivity contribution in [1.29, 1.82) is 0 Å². The van der Waals surface area contributed by atoms with Gasteiger partial charge in [-0.1, -0.05) is 121 Å². The molecular formula is C43H43NO8. The van der Waals surface area contributed by atoms with Gasteiger partial charge < -0.3 is 33.5 Å². The van der Waals surface area contributed by atoms with Crippen LogP contribution < -0.4 is 4.74 Å². The second-order valence-corrected chi connectivity index (χ2v) is 12.4. The molecule has 9 nitrogen and oxygen atoms in total. The van der Waals surface area contributed by atoms with Gasteiger partial charge in [-0.15, -0.1) is 0 Å². The molecule has 1 fully saturated rings. The summed E-state index contributed by atoms with van der Waals surface area (Å²) in [5, 5.41) is 9.59. The van der Waals surface area contributed by atoms with E-state index in [1.807, 2.05) is 121 Å². The molecule has 1 N–H and O–H groups in total. The highest BCUT2D eigenvalue weighted by atomic mass is 16.6. The van der Waals surface area contributed by atoms with Gasteiger partial charge in [0.1, 0.15) is 30.5 Å². The van der Waals surface area contributed by atoms with E-state index < -0.39 is 36.5 Å². The lowest BCUT2D eigenvalue weighted by atomic mass is 9.88. The molecule has 0 amide bonds. The number of ether oxygens (including phenoxy) is 6. The summed E-state index contributed by atoms with van der Waals surface area (Å²) in [6, 6.07) is 41.5. The summed E-state index contributed by atoms with van der Waals surface area (Å²) in [5.41, 5.74) is 5.07. The number of benzene rings is 4. The minimum atomic E-state index is -1.11. The molecule has 0 bridgehead atoms. The first-order valence-corrected chi connectivity index (χ1v) is 17.3. The molecule has 1 aliphatic heterocycles. The monoisotopic (exact) mass is 701 g/mol. The van der Waals surface area contributed by atoms with Crippen LogP contribution in [-0.2, 0) is 54.9 Å². The van der Waals surface area contributed by atoms with Gasteiger partial charge in [-0.05, 0) is 40.0 Å². The number of hydrogen-bond acceptors (Lipinski definition) is 8. The molecule has 268 valence electrons. The predicted molar refractivity (Wildman–Crippen MR) is 196 cm³/mol. The van der Waals surface area contributed by atoms with Crippen molar-refractivity contribution < 1.29 is 38.3 Å². The summed E-state index contributed by atoms with van der Waals surface area (Å²) in [4.78, 5) is 16.1. The number of aromatic nitrogens is 1. The summed E-state index contributed by atoms with van der Waals surface area (Å²) in [7, 11) is 1.49. The summed E-state index contributed by atoms with van der Waals surface area (Å²) in [5.74, 6) is -0.856. The second-order valence-electron chi connectivity index (χ2n) is 12.4. The van der Waals surface area contributed by atoms with E-state index in [0.29, 0.717) is 24.3 Å². The lowest BCUT2D eigenvalue weighted by Gasteiger charge is -2.46. The van der Waals surface area contributed by atoms with Gasteiger partial charge in [0, 0.05) is 17.8 Å². The molecule has 6 rings (SSSR count). The standard InChI is InChI=1S/C43H43NO8/c1-47-43-36(22-23-38(45)46)35(24-25-44-43)39-41(50-28-33-18-10-4-11-19-33)42(51-29-34-20-12-5-13-21-34)40(49-27-32-16-8-3-9-17-32)37(52-39)30-48-26-31-14-6-2-7-15-31/h2-25,37,39-42H,26-30H2,1H3,(H,45,46)/b23-22+/t37-,39-,40-,41-,42+/m1/s1. The Hall–Kier alpha value is -5.16. The lowest BCUT2D eigenvalue weighted by Crippen LogP contribution is -2.58. The van der Waals surface area contributed by atoms with E-state index in [4.69, 9.17) is 28.4 Å². The smallest absolute Gasteiger partial charge is 0.328 e. The maximum Gasteiger partial charge on any atom is 0.328 e. The van der Waals surface area contributed by atoms with E-state index in [1.165, 1.54) is 13.2 Å². The Bertz CT molecular complexity index is 1840. The molecular weight excluding hydrogens is 658 g/mol. The minimum Gasteiger partial charge on any atom is -0.481 e. The van der Waals surface area contributed by atoms with Crippen LogP contribution in [0.2, 0.25) is 0 Å². The summed E-state index contributed by atoms with van der Waals surface area (Å²) in [6.07, 6.45) is 0.746. The SMILES string of the molecule is COc1nccc([C@H]2O[C@H](COCc3ccccc3)[C@@H](OCc3ccccc3)[C@H](OCc3ccccc3)[C@@H]2OCc2ccccc2)c1/C=C/C(=O)O. The highest BCUT2D eigenvalue weighted by Gasteiger charge is 2.49. The zero-order valence-corrected chi connectivity index (χ0v) is 29.0. The molecule has 0 radical (unpaired) electrons. The van der Waals surface area contributed by atoms with Crippen molar-refractivity contribution in [3.05, 3.63) is 173 Å². The highest BCUT2D eigenvalue weighted by molar-refractivity contribution is 5.86. The van der Waals surface area contributed by atoms with Crippen molar-refractivity contribution in [2.24, 2.45) is 0 Å². The van der Waals surface area contributed by atoms with Gasteiger partial charge in [0.15, 0.2) is 0 Å². The minimum absolute atomic E-state index is 0.184. The fourth-order valence-electron chi connectivity index (χ4n) is 6.24. The van der Waals surface area contributed by atoms with Crippen LogP contribution in [0.5, 0.6) is 5.88 Å². The molecule has 0 unspecified atom stereocenters. The molecule has 0 saturated carbocycles. The number of pyridine rings is 1. The molecule has 9 heteroatoms.